The van der Waals surface area contributed by atoms with Gasteiger partial charge in [0.05, 0.1) is 24.3 Å². The summed E-state index contributed by atoms with van der Waals surface area (Å²) in [5.41, 5.74) is 0.519. The number of fused-ring (bicyclic) bond motifs is 1. The van der Waals surface area contributed by atoms with Crippen LogP contribution in [0.4, 0.5) is 5.82 Å². The molecule has 0 aliphatic carbocycles. The molecule has 0 saturated heterocycles. The lowest BCUT2D eigenvalue weighted by Crippen LogP contribution is -2.16. The van der Waals surface area contributed by atoms with E-state index in [4.69, 9.17) is 21.1 Å². The first-order valence-electron chi connectivity index (χ1n) is 9.19. The Hall–Kier alpha value is -2.62. The highest BCUT2D eigenvalue weighted by Crippen LogP contribution is 2.35. The number of nitrogens with one attached hydrogen (secondary N) is 1. The van der Waals surface area contributed by atoms with Crippen LogP contribution in [0.25, 0.3) is 10.9 Å². The van der Waals surface area contributed by atoms with Gasteiger partial charge in [0, 0.05) is 18.0 Å². The molecule has 3 rings (SSSR count). The molecule has 1 N–H and O–H groups in total. The van der Waals surface area contributed by atoms with Crippen LogP contribution in [0.2, 0.25) is 5.02 Å². The van der Waals surface area contributed by atoms with E-state index in [-0.39, 0.29) is 15.7 Å². The van der Waals surface area contributed by atoms with Crippen LogP contribution >= 0.6 is 11.6 Å². The summed E-state index contributed by atoms with van der Waals surface area (Å²) < 4.78 is 39.4. The third-order valence-corrected chi connectivity index (χ3v) is 6.12. The van der Waals surface area contributed by atoms with E-state index < -0.39 is 10.0 Å². The Morgan fingerprint density at radius 3 is 2.60 bits per heavy atom. The monoisotopic (exact) mass is 450 g/mol. The second-order valence-corrected chi connectivity index (χ2v) is 8.84. The summed E-state index contributed by atoms with van der Waals surface area (Å²) in [6.07, 6.45) is 2.13. The molecule has 0 amide bonds. The number of aromatic nitrogens is 2. The molecule has 10 heteroatoms. The molecule has 0 aliphatic rings. The van der Waals surface area contributed by atoms with Crippen LogP contribution in [0, 0.1) is 0 Å². The third-order valence-electron chi connectivity index (χ3n) is 4.29. The number of anilines is 1. The molecule has 3 aromatic rings. The molecular weight excluding hydrogens is 428 g/mol. The van der Waals surface area contributed by atoms with Gasteiger partial charge in [0.25, 0.3) is 10.0 Å². The number of benzene rings is 2. The summed E-state index contributed by atoms with van der Waals surface area (Å²) in [6, 6.07) is 9.55. The van der Waals surface area contributed by atoms with Gasteiger partial charge in [0.15, 0.2) is 17.3 Å². The highest BCUT2D eigenvalue weighted by Gasteiger charge is 2.20. The summed E-state index contributed by atoms with van der Waals surface area (Å²) in [6.45, 7) is 1.41. The van der Waals surface area contributed by atoms with E-state index in [2.05, 4.69) is 19.6 Å². The molecule has 2 aromatic carbocycles. The Balaban J connectivity index is 1.92. The zero-order valence-corrected chi connectivity index (χ0v) is 18.5. The maximum absolute atomic E-state index is 12.8. The predicted molar refractivity (Wildman–Crippen MR) is 117 cm³/mol. The van der Waals surface area contributed by atoms with Gasteiger partial charge in [-0.2, -0.15) is 0 Å². The van der Waals surface area contributed by atoms with Crippen molar-refractivity contribution in [3.05, 3.63) is 47.7 Å². The number of methoxy groups -OCH3 is 1. The van der Waals surface area contributed by atoms with E-state index in [1.54, 1.807) is 24.3 Å². The number of hydrogen-bond donors (Lipinski definition) is 1. The van der Waals surface area contributed by atoms with Crippen molar-refractivity contribution in [3.8, 4) is 11.5 Å². The normalized spacial score (nSPS) is 11.6. The number of sulfonamides is 1. The lowest BCUT2D eigenvalue weighted by Gasteiger charge is -2.15. The average molecular weight is 451 g/mol. The van der Waals surface area contributed by atoms with Gasteiger partial charge in [-0.25, -0.2) is 18.4 Å². The van der Waals surface area contributed by atoms with Gasteiger partial charge in [-0.1, -0.05) is 23.7 Å². The predicted octanol–water partition coefficient (Wildman–Crippen LogP) is 3.42. The molecule has 0 saturated carbocycles. The fraction of sp³-hybridized carbons (Fsp3) is 0.300. The van der Waals surface area contributed by atoms with Crippen LogP contribution in [0.1, 0.15) is 6.42 Å². The lowest BCUT2D eigenvalue weighted by molar-refractivity contribution is 0.268. The molecular formula is C20H23ClN4O4S. The van der Waals surface area contributed by atoms with Gasteiger partial charge in [-0.05, 0) is 38.7 Å². The van der Waals surface area contributed by atoms with Gasteiger partial charge in [0.2, 0.25) is 0 Å². The van der Waals surface area contributed by atoms with Crippen LogP contribution in [0.3, 0.4) is 0 Å². The molecule has 0 aliphatic heterocycles. The van der Waals surface area contributed by atoms with Crippen LogP contribution in [0.5, 0.6) is 11.5 Å². The minimum absolute atomic E-state index is 0.0359. The molecule has 0 fully saturated rings. The average Bonchev–Trinajstić information content (AvgIpc) is 2.70. The van der Waals surface area contributed by atoms with Crippen LogP contribution in [-0.4, -0.2) is 57.6 Å². The first kappa shape index (κ1) is 22.1. The Bertz CT molecular complexity index is 1140. The van der Waals surface area contributed by atoms with Gasteiger partial charge < -0.3 is 14.4 Å². The first-order chi connectivity index (χ1) is 14.3. The quantitative estimate of drug-likeness (QED) is 0.499. The van der Waals surface area contributed by atoms with E-state index in [0.29, 0.717) is 29.0 Å². The number of ether oxygens (including phenoxy) is 2. The molecule has 0 unspecified atom stereocenters. The lowest BCUT2D eigenvalue weighted by atomic mass is 10.2. The molecule has 1 heterocycles. The third kappa shape index (κ3) is 5.10. The zero-order valence-electron chi connectivity index (χ0n) is 16.9. The summed E-state index contributed by atoms with van der Waals surface area (Å²) in [4.78, 5) is 10.4. The highest BCUT2D eigenvalue weighted by atomic mass is 35.5. The zero-order chi connectivity index (χ0) is 21.7. The van der Waals surface area contributed by atoms with E-state index in [0.717, 1.165) is 13.0 Å². The second kappa shape index (κ2) is 9.46. The summed E-state index contributed by atoms with van der Waals surface area (Å²) >= 11 is 6.05. The van der Waals surface area contributed by atoms with Crippen molar-refractivity contribution in [2.75, 3.05) is 39.1 Å². The number of rotatable bonds is 9. The van der Waals surface area contributed by atoms with Crippen molar-refractivity contribution in [1.82, 2.24) is 14.9 Å². The Labute approximate surface area is 180 Å². The standard InChI is InChI=1S/C20H23ClN4O4S/c1-25(2)9-6-10-29-18-12-16-14(11-17(18)28-3)20(23-13-22-16)24-30(26,27)19-8-5-4-7-15(19)21/h4-5,7-8,11-13H,6,9-10H2,1-3H3,(H,22,23,24). The fourth-order valence-electron chi connectivity index (χ4n) is 2.83. The SMILES string of the molecule is COc1cc2c(NS(=O)(=O)c3ccccc3Cl)ncnc2cc1OCCCN(C)C. The van der Waals surface area contributed by atoms with Gasteiger partial charge in [0.1, 0.15) is 11.2 Å². The topological polar surface area (TPSA) is 93.6 Å². The Morgan fingerprint density at radius 1 is 1.13 bits per heavy atom. The maximum Gasteiger partial charge on any atom is 0.264 e. The van der Waals surface area contributed by atoms with Gasteiger partial charge >= 0.3 is 0 Å². The number of hydrogen-bond acceptors (Lipinski definition) is 7. The second-order valence-electron chi connectivity index (χ2n) is 6.78. The molecule has 160 valence electrons. The minimum Gasteiger partial charge on any atom is -0.493 e. The largest absolute Gasteiger partial charge is 0.493 e. The molecule has 30 heavy (non-hydrogen) atoms. The summed E-state index contributed by atoms with van der Waals surface area (Å²) in [5, 5.41) is 0.597. The molecule has 1 aromatic heterocycles. The van der Waals surface area contributed by atoms with Crippen molar-refractivity contribution in [3.63, 3.8) is 0 Å². The Kier molecular flexibility index (Phi) is 6.96. The van der Waals surface area contributed by atoms with Crippen molar-refractivity contribution < 1.29 is 17.9 Å². The maximum atomic E-state index is 12.8. The van der Waals surface area contributed by atoms with E-state index in [1.807, 2.05) is 14.1 Å². The minimum atomic E-state index is -3.94. The fourth-order valence-corrected chi connectivity index (χ4v) is 4.38. The molecule has 0 radical (unpaired) electrons. The van der Waals surface area contributed by atoms with E-state index in [9.17, 15) is 8.42 Å². The van der Waals surface area contributed by atoms with Crippen molar-refractivity contribution >= 4 is 38.3 Å². The number of nitrogens with zero attached hydrogens (tertiary/aromatic N) is 3. The smallest absolute Gasteiger partial charge is 0.264 e. The summed E-state index contributed by atoms with van der Waals surface area (Å²) in [5.74, 6) is 1.11. The molecule has 0 bridgehead atoms. The van der Waals surface area contributed by atoms with Crippen molar-refractivity contribution in [2.45, 2.75) is 11.3 Å². The molecule has 0 atom stereocenters. The van der Waals surface area contributed by atoms with Crippen molar-refractivity contribution in [2.24, 2.45) is 0 Å². The van der Waals surface area contributed by atoms with E-state index >= 15 is 0 Å². The van der Waals surface area contributed by atoms with Gasteiger partial charge in [-0.3, -0.25) is 4.72 Å². The Morgan fingerprint density at radius 2 is 1.90 bits per heavy atom. The van der Waals surface area contributed by atoms with E-state index in [1.165, 1.54) is 25.6 Å². The van der Waals surface area contributed by atoms with Gasteiger partial charge in [-0.15, -0.1) is 0 Å². The van der Waals surface area contributed by atoms with Crippen LogP contribution < -0.4 is 14.2 Å². The molecule has 8 nitrogen and oxygen atoms in total. The number of halogens is 1. The van der Waals surface area contributed by atoms with Crippen LogP contribution in [-0.2, 0) is 10.0 Å². The summed E-state index contributed by atoms with van der Waals surface area (Å²) in [7, 11) is 1.58. The molecule has 0 spiro atoms. The first-order valence-corrected chi connectivity index (χ1v) is 11.1. The highest BCUT2D eigenvalue weighted by molar-refractivity contribution is 7.92. The van der Waals surface area contributed by atoms with Crippen molar-refractivity contribution in [1.29, 1.82) is 0 Å². The van der Waals surface area contributed by atoms with Crippen LogP contribution in [0.15, 0.2) is 47.6 Å².